The third-order valence-electron chi connectivity index (χ3n) is 4.84. The Kier molecular flexibility index (Phi) is 6.94. The number of Topliss-reactive ketones (excluding diaryl/α,β-unsaturated/α-hetero) is 1. The summed E-state index contributed by atoms with van der Waals surface area (Å²) >= 11 is 0. The molecule has 9 heteroatoms. The number of aryl methyl sites for hydroxylation is 1. The van der Waals surface area contributed by atoms with Crippen LogP contribution in [0, 0.1) is 5.82 Å². The Hall–Kier alpha value is -3.36. The van der Waals surface area contributed by atoms with Crippen LogP contribution in [0.5, 0.6) is 0 Å². The number of carbonyl (C=O) groups is 2. The highest BCUT2D eigenvalue weighted by molar-refractivity contribution is 6.00. The van der Waals surface area contributed by atoms with Gasteiger partial charge in [0.15, 0.2) is 11.4 Å². The van der Waals surface area contributed by atoms with Gasteiger partial charge in [0, 0.05) is 11.9 Å². The second-order valence-electron chi connectivity index (χ2n) is 6.94. The molecule has 0 spiro atoms. The molecule has 1 fully saturated rings. The fourth-order valence-electron chi connectivity index (χ4n) is 3.36. The molecule has 0 aromatic carbocycles. The Morgan fingerprint density at radius 2 is 2.06 bits per heavy atom. The third kappa shape index (κ3) is 4.55. The highest BCUT2D eigenvalue weighted by Crippen LogP contribution is 2.32. The normalized spacial score (nSPS) is 15.6. The summed E-state index contributed by atoms with van der Waals surface area (Å²) in [4.78, 5) is 34.6. The molecule has 3 aromatic heterocycles. The minimum absolute atomic E-state index is 0.0359. The molecule has 3 aromatic rings. The van der Waals surface area contributed by atoms with Gasteiger partial charge in [-0.05, 0) is 38.0 Å². The number of rotatable bonds is 6. The van der Waals surface area contributed by atoms with E-state index in [-0.39, 0.29) is 18.2 Å². The number of halogens is 1. The largest absolute Gasteiger partial charge is 0.446 e. The summed E-state index contributed by atoms with van der Waals surface area (Å²) in [7, 11) is 0. The number of hydrogen-bond donors (Lipinski definition) is 0. The summed E-state index contributed by atoms with van der Waals surface area (Å²) in [5, 5.41) is 4.09. The van der Waals surface area contributed by atoms with Gasteiger partial charge in [-0.3, -0.25) is 9.78 Å². The van der Waals surface area contributed by atoms with Crippen LogP contribution in [0.15, 0.2) is 30.6 Å². The first-order valence-electron chi connectivity index (χ1n) is 10.5. The van der Waals surface area contributed by atoms with E-state index < -0.39 is 18.0 Å². The van der Waals surface area contributed by atoms with E-state index in [2.05, 4.69) is 22.0 Å². The fraction of sp³-hybridized carbons (Fsp3) is 0.409. The van der Waals surface area contributed by atoms with E-state index >= 15 is 0 Å². The Bertz CT molecular complexity index is 1100. The zero-order chi connectivity index (χ0) is 22.5. The van der Waals surface area contributed by atoms with E-state index in [9.17, 15) is 14.0 Å². The van der Waals surface area contributed by atoms with Crippen LogP contribution in [0.3, 0.4) is 0 Å². The lowest BCUT2D eigenvalue weighted by atomic mass is 10.1. The molecule has 0 radical (unpaired) electrons. The second-order valence-corrected chi connectivity index (χ2v) is 6.94. The molecular weight excluding hydrogens is 401 g/mol. The molecule has 164 valence electrons. The molecule has 1 saturated heterocycles. The molecule has 4 rings (SSSR count). The first kappa shape index (κ1) is 22.3. The van der Waals surface area contributed by atoms with Crippen molar-refractivity contribution in [2.45, 2.75) is 53.0 Å². The van der Waals surface area contributed by atoms with Crippen molar-refractivity contribution in [2.24, 2.45) is 0 Å². The SMILES string of the molecule is CC.CCCCc1cc(F)cc([C@H]2COC(=O)N2c2ccn3ncc(C(C)=O)c3n2)n1. The van der Waals surface area contributed by atoms with Crippen molar-refractivity contribution in [1.82, 2.24) is 19.6 Å². The van der Waals surface area contributed by atoms with Gasteiger partial charge in [0.1, 0.15) is 24.3 Å². The molecule has 0 aliphatic carbocycles. The number of aromatic nitrogens is 4. The van der Waals surface area contributed by atoms with Gasteiger partial charge in [0.25, 0.3) is 0 Å². The van der Waals surface area contributed by atoms with E-state index in [0.717, 1.165) is 12.8 Å². The predicted octanol–water partition coefficient (Wildman–Crippen LogP) is 4.53. The number of cyclic esters (lactones) is 1. The van der Waals surface area contributed by atoms with Crippen molar-refractivity contribution in [2.75, 3.05) is 11.5 Å². The molecule has 0 unspecified atom stereocenters. The number of unbranched alkanes of at least 4 members (excludes halogenated alkanes) is 1. The number of carbonyl (C=O) groups excluding carboxylic acids is 2. The van der Waals surface area contributed by atoms with Crippen LogP contribution in [0.2, 0.25) is 0 Å². The van der Waals surface area contributed by atoms with E-state index in [0.29, 0.717) is 29.0 Å². The topological polar surface area (TPSA) is 89.7 Å². The van der Waals surface area contributed by atoms with Gasteiger partial charge in [0.05, 0.1) is 17.5 Å². The number of ketones is 1. The molecule has 8 nitrogen and oxygen atoms in total. The van der Waals surface area contributed by atoms with Gasteiger partial charge in [-0.25, -0.2) is 23.6 Å². The number of anilines is 1. The molecule has 1 amide bonds. The summed E-state index contributed by atoms with van der Waals surface area (Å²) in [5.41, 5.74) is 1.73. The molecule has 31 heavy (non-hydrogen) atoms. The number of fused-ring (bicyclic) bond motifs is 1. The summed E-state index contributed by atoms with van der Waals surface area (Å²) in [6.07, 6.45) is 4.97. The Balaban J connectivity index is 0.00000132. The van der Waals surface area contributed by atoms with Gasteiger partial charge in [-0.2, -0.15) is 5.10 Å². The maximum absolute atomic E-state index is 14.2. The van der Waals surface area contributed by atoms with Crippen molar-refractivity contribution in [3.63, 3.8) is 0 Å². The molecule has 1 atom stereocenters. The van der Waals surface area contributed by atoms with E-state index in [1.807, 2.05) is 13.8 Å². The van der Waals surface area contributed by atoms with Crippen LogP contribution in [0.25, 0.3) is 5.65 Å². The summed E-state index contributed by atoms with van der Waals surface area (Å²) in [6, 6.07) is 3.71. The first-order chi connectivity index (χ1) is 15.0. The van der Waals surface area contributed by atoms with Gasteiger partial charge in [-0.15, -0.1) is 0 Å². The van der Waals surface area contributed by atoms with Crippen molar-refractivity contribution in [3.8, 4) is 0 Å². The van der Waals surface area contributed by atoms with E-state index in [4.69, 9.17) is 4.74 Å². The van der Waals surface area contributed by atoms with Crippen LogP contribution in [0.1, 0.15) is 68.3 Å². The highest BCUT2D eigenvalue weighted by Gasteiger charge is 2.38. The van der Waals surface area contributed by atoms with Crippen molar-refractivity contribution in [3.05, 3.63) is 53.4 Å². The standard InChI is InChI=1S/C20H20FN5O3.C2H6/c1-3-4-5-14-8-13(21)9-16(23-14)17-11-29-20(28)26(17)18-6-7-25-19(24-18)15(10-22-25)12(2)27;1-2/h6-10,17H,3-5,11H2,1-2H3;1-2H3/t17-;/m1./s1. The molecular formula is C22H26FN5O3. The summed E-state index contributed by atoms with van der Waals surface area (Å²) in [5.74, 6) is -0.301. The molecule has 1 aliphatic heterocycles. The Morgan fingerprint density at radius 3 is 2.77 bits per heavy atom. The number of hydrogen-bond acceptors (Lipinski definition) is 6. The first-order valence-corrected chi connectivity index (χ1v) is 10.5. The maximum atomic E-state index is 14.2. The second kappa shape index (κ2) is 9.63. The number of amides is 1. The molecule has 4 heterocycles. The lowest BCUT2D eigenvalue weighted by Gasteiger charge is -2.20. The zero-order valence-corrected chi connectivity index (χ0v) is 18.1. The van der Waals surface area contributed by atoms with Crippen molar-refractivity contribution < 1.29 is 18.7 Å². The fourth-order valence-corrected chi connectivity index (χ4v) is 3.36. The van der Waals surface area contributed by atoms with Crippen LogP contribution in [0.4, 0.5) is 15.0 Å². The van der Waals surface area contributed by atoms with Crippen molar-refractivity contribution >= 4 is 23.3 Å². The van der Waals surface area contributed by atoms with E-state index in [1.165, 1.54) is 34.7 Å². The van der Waals surface area contributed by atoms with E-state index in [1.54, 1.807) is 12.3 Å². The van der Waals surface area contributed by atoms with Crippen LogP contribution >= 0.6 is 0 Å². The maximum Gasteiger partial charge on any atom is 0.416 e. The van der Waals surface area contributed by atoms with Gasteiger partial charge < -0.3 is 4.74 Å². The van der Waals surface area contributed by atoms with Crippen LogP contribution < -0.4 is 4.90 Å². The molecule has 1 aliphatic rings. The molecule has 0 N–H and O–H groups in total. The lowest BCUT2D eigenvalue weighted by Crippen LogP contribution is -2.29. The Labute approximate surface area is 180 Å². The minimum atomic E-state index is -0.614. The molecule has 0 saturated carbocycles. The van der Waals surface area contributed by atoms with Crippen LogP contribution in [-0.2, 0) is 11.2 Å². The predicted molar refractivity (Wildman–Crippen MR) is 114 cm³/mol. The average Bonchev–Trinajstić information content (AvgIpc) is 3.36. The lowest BCUT2D eigenvalue weighted by molar-refractivity contribution is 0.101. The number of ether oxygens (including phenoxy) is 1. The monoisotopic (exact) mass is 427 g/mol. The minimum Gasteiger partial charge on any atom is -0.446 e. The average molecular weight is 427 g/mol. The van der Waals surface area contributed by atoms with Crippen molar-refractivity contribution in [1.29, 1.82) is 0 Å². The smallest absolute Gasteiger partial charge is 0.416 e. The quantitative estimate of drug-likeness (QED) is 0.537. The van der Waals surface area contributed by atoms with Gasteiger partial charge in [0.2, 0.25) is 0 Å². The Morgan fingerprint density at radius 1 is 1.29 bits per heavy atom. The number of nitrogens with zero attached hydrogens (tertiary/aromatic N) is 5. The van der Waals surface area contributed by atoms with Crippen LogP contribution in [-0.4, -0.2) is 38.1 Å². The van der Waals surface area contributed by atoms with Gasteiger partial charge >= 0.3 is 6.09 Å². The van der Waals surface area contributed by atoms with Gasteiger partial charge in [-0.1, -0.05) is 27.2 Å². The molecule has 0 bridgehead atoms. The third-order valence-corrected chi connectivity index (χ3v) is 4.84. The highest BCUT2D eigenvalue weighted by atomic mass is 19.1. The summed E-state index contributed by atoms with van der Waals surface area (Å²) in [6.45, 7) is 7.51. The summed E-state index contributed by atoms with van der Waals surface area (Å²) < 4.78 is 20.9. The number of pyridine rings is 1. The zero-order valence-electron chi connectivity index (χ0n) is 18.1.